The predicted octanol–water partition coefficient (Wildman–Crippen LogP) is 4.03. The van der Waals surface area contributed by atoms with E-state index >= 15 is 0 Å². The van der Waals surface area contributed by atoms with Gasteiger partial charge in [-0.2, -0.15) is 5.26 Å². The average Bonchev–Trinajstić information content (AvgIpc) is 2.66. The van der Waals surface area contributed by atoms with Gasteiger partial charge in [0.05, 0.1) is 7.11 Å². The number of amides is 1. The second-order valence-corrected chi connectivity index (χ2v) is 6.33. The Morgan fingerprint density at radius 1 is 1.27 bits per heavy atom. The van der Waals surface area contributed by atoms with E-state index in [1.54, 1.807) is 36.2 Å². The topological polar surface area (TPSA) is 62.6 Å². The van der Waals surface area contributed by atoms with Crippen LogP contribution in [0.5, 0.6) is 11.5 Å². The maximum atomic E-state index is 12.3. The number of halogens is 1. The molecule has 0 N–H and O–H groups in total. The highest BCUT2D eigenvalue weighted by Crippen LogP contribution is 2.28. The lowest BCUT2D eigenvalue weighted by Crippen LogP contribution is -2.24. The van der Waals surface area contributed by atoms with Gasteiger partial charge in [0.15, 0.2) is 18.1 Å². The van der Waals surface area contributed by atoms with E-state index in [0.717, 1.165) is 15.6 Å². The van der Waals surface area contributed by atoms with E-state index in [2.05, 4.69) is 15.9 Å². The average molecular weight is 415 g/mol. The highest BCUT2D eigenvalue weighted by Gasteiger charge is 2.09. The van der Waals surface area contributed by atoms with Crippen LogP contribution in [0.1, 0.15) is 11.1 Å². The fourth-order valence-corrected chi connectivity index (χ4v) is 2.68. The van der Waals surface area contributed by atoms with E-state index in [1.165, 1.54) is 13.2 Å². The number of methoxy groups -OCH3 is 1. The minimum atomic E-state index is -0.107. The zero-order chi connectivity index (χ0) is 18.9. The molecule has 0 aliphatic heterocycles. The largest absolute Gasteiger partial charge is 0.493 e. The molecule has 0 unspecified atom stereocenters. The molecule has 0 aliphatic carbocycles. The number of carbonyl (C=O) groups excluding carboxylic acids is 1. The number of likely N-dealkylation sites (N-methyl/N-ethyl adjacent to an activating group) is 1. The molecule has 6 heteroatoms. The van der Waals surface area contributed by atoms with Crippen LogP contribution in [-0.4, -0.2) is 31.6 Å². The van der Waals surface area contributed by atoms with Gasteiger partial charge in [0.1, 0.15) is 6.07 Å². The molecule has 134 valence electrons. The monoisotopic (exact) mass is 414 g/mol. The summed E-state index contributed by atoms with van der Waals surface area (Å²) in [5.74, 6) is 0.893. The molecule has 0 aliphatic rings. The third kappa shape index (κ3) is 5.36. The van der Waals surface area contributed by atoms with Gasteiger partial charge in [-0.1, -0.05) is 40.2 Å². The van der Waals surface area contributed by atoms with Crippen molar-refractivity contribution < 1.29 is 14.3 Å². The first kappa shape index (κ1) is 19.5. The zero-order valence-corrected chi connectivity index (χ0v) is 16.2. The van der Waals surface area contributed by atoms with Gasteiger partial charge in [-0.3, -0.25) is 4.79 Å². The maximum absolute atomic E-state index is 12.3. The third-order valence-corrected chi connectivity index (χ3v) is 4.41. The second-order valence-electron chi connectivity index (χ2n) is 5.48. The number of ether oxygens (including phenoxy) is 2. The molecule has 26 heavy (non-hydrogen) atoms. The molecule has 0 atom stereocenters. The van der Waals surface area contributed by atoms with Gasteiger partial charge in [-0.25, -0.2) is 0 Å². The quantitative estimate of drug-likeness (QED) is 0.641. The van der Waals surface area contributed by atoms with Gasteiger partial charge < -0.3 is 14.4 Å². The summed E-state index contributed by atoms with van der Waals surface area (Å²) in [6.07, 6.45) is 3.23. The highest BCUT2D eigenvalue weighted by atomic mass is 79.9. The summed E-state index contributed by atoms with van der Waals surface area (Å²) in [7, 11) is 3.28. The van der Waals surface area contributed by atoms with Crippen LogP contribution in [0.15, 0.2) is 53.0 Å². The SMILES string of the molecule is COc1cc(/C=C/C(=O)N(C)Cc2ccccc2Br)ccc1OCC#N. The molecular weight excluding hydrogens is 396 g/mol. The van der Waals surface area contributed by atoms with E-state index < -0.39 is 0 Å². The van der Waals surface area contributed by atoms with Gasteiger partial charge in [0.2, 0.25) is 5.91 Å². The van der Waals surface area contributed by atoms with E-state index in [1.807, 2.05) is 30.3 Å². The molecule has 2 aromatic carbocycles. The number of carbonyl (C=O) groups is 1. The van der Waals surface area contributed by atoms with Crippen molar-refractivity contribution in [2.24, 2.45) is 0 Å². The van der Waals surface area contributed by atoms with E-state index in [0.29, 0.717) is 18.0 Å². The molecule has 0 radical (unpaired) electrons. The van der Waals surface area contributed by atoms with Crippen molar-refractivity contribution in [3.8, 4) is 17.6 Å². The fraction of sp³-hybridized carbons (Fsp3) is 0.200. The Balaban J connectivity index is 2.05. The van der Waals surface area contributed by atoms with Crippen molar-refractivity contribution in [2.45, 2.75) is 6.54 Å². The highest BCUT2D eigenvalue weighted by molar-refractivity contribution is 9.10. The molecule has 5 nitrogen and oxygen atoms in total. The van der Waals surface area contributed by atoms with Gasteiger partial charge in [-0.15, -0.1) is 0 Å². The van der Waals surface area contributed by atoms with Crippen molar-refractivity contribution in [3.05, 3.63) is 64.1 Å². The molecule has 0 saturated heterocycles. The van der Waals surface area contributed by atoms with Gasteiger partial charge in [0.25, 0.3) is 0 Å². The van der Waals surface area contributed by atoms with Crippen LogP contribution >= 0.6 is 15.9 Å². The molecular formula is C20H19BrN2O3. The lowest BCUT2D eigenvalue weighted by Gasteiger charge is -2.16. The van der Waals surface area contributed by atoms with Crippen molar-refractivity contribution in [3.63, 3.8) is 0 Å². The van der Waals surface area contributed by atoms with E-state index in [-0.39, 0.29) is 12.5 Å². The van der Waals surface area contributed by atoms with Crippen LogP contribution in [0, 0.1) is 11.3 Å². The first-order valence-electron chi connectivity index (χ1n) is 7.89. The molecule has 0 aromatic heterocycles. The van der Waals surface area contributed by atoms with E-state index in [9.17, 15) is 4.79 Å². The summed E-state index contributed by atoms with van der Waals surface area (Å²) in [5, 5.41) is 8.59. The normalized spacial score (nSPS) is 10.4. The number of hydrogen-bond donors (Lipinski definition) is 0. The number of rotatable bonds is 7. The summed E-state index contributed by atoms with van der Waals surface area (Å²) in [6, 6.07) is 15.0. The lowest BCUT2D eigenvalue weighted by molar-refractivity contribution is -0.125. The van der Waals surface area contributed by atoms with Crippen LogP contribution in [0.3, 0.4) is 0 Å². The summed E-state index contributed by atoms with van der Waals surface area (Å²) in [4.78, 5) is 14.0. The predicted molar refractivity (Wildman–Crippen MR) is 104 cm³/mol. The number of nitriles is 1. The van der Waals surface area contributed by atoms with Crippen molar-refractivity contribution in [1.29, 1.82) is 5.26 Å². The Hall–Kier alpha value is -2.78. The number of benzene rings is 2. The van der Waals surface area contributed by atoms with Crippen LogP contribution in [0.2, 0.25) is 0 Å². The third-order valence-electron chi connectivity index (χ3n) is 3.64. The summed E-state index contributed by atoms with van der Waals surface area (Å²) < 4.78 is 11.5. The molecule has 0 spiro atoms. The molecule has 1 amide bonds. The minimum Gasteiger partial charge on any atom is -0.493 e. The van der Waals surface area contributed by atoms with Gasteiger partial charge >= 0.3 is 0 Å². The fourth-order valence-electron chi connectivity index (χ4n) is 2.27. The van der Waals surface area contributed by atoms with Crippen molar-refractivity contribution in [2.75, 3.05) is 20.8 Å². The standard InChI is InChI=1S/C20H19BrN2O3/c1-23(14-16-5-3-4-6-17(16)21)20(24)10-8-15-7-9-18(26-12-11-22)19(13-15)25-2/h3-10,13H,12,14H2,1-2H3/b10-8+. The van der Waals surface area contributed by atoms with Crippen LogP contribution in [-0.2, 0) is 11.3 Å². The first-order chi connectivity index (χ1) is 12.5. The van der Waals surface area contributed by atoms with Crippen molar-refractivity contribution >= 4 is 27.9 Å². The van der Waals surface area contributed by atoms with E-state index in [4.69, 9.17) is 14.7 Å². The zero-order valence-electron chi connectivity index (χ0n) is 14.6. The van der Waals surface area contributed by atoms with Gasteiger partial charge in [-0.05, 0) is 35.4 Å². The van der Waals surface area contributed by atoms with Gasteiger partial charge in [0, 0.05) is 24.1 Å². The number of hydrogen-bond acceptors (Lipinski definition) is 4. The minimum absolute atomic E-state index is 0.0517. The molecule has 2 rings (SSSR count). The van der Waals surface area contributed by atoms with Crippen molar-refractivity contribution in [1.82, 2.24) is 4.90 Å². The maximum Gasteiger partial charge on any atom is 0.246 e. The Kier molecular flexibility index (Phi) is 7.24. The molecule has 0 bridgehead atoms. The Labute approximate surface area is 161 Å². The van der Waals surface area contributed by atoms with Crippen LogP contribution in [0.4, 0.5) is 0 Å². The molecule has 2 aromatic rings. The lowest BCUT2D eigenvalue weighted by atomic mass is 10.1. The van der Waals surface area contributed by atoms with Crippen LogP contribution in [0.25, 0.3) is 6.08 Å². The molecule has 0 saturated carbocycles. The Morgan fingerprint density at radius 3 is 2.73 bits per heavy atom. The summed E-state index contributed by atoms with van der Waals surface area (Å²) >= 11 is 3.49. The van der Waals surface area contributed by atoms with Crippen LogP contribution < -0.4 is 9.47 Å². The molecule has 0 fully saturated rings. The Morgan fingerprint density at radius 2 is 2.04 bits per heavy atom. The second kappa shape index (κ2) is 9.64. The first-order valence-corrected chi connectivity index (χ1v) is 8.69. The molecule has 0 heterocycles. The Bertz CT molecular complexity index is 843. The number of nitrogens with zero attached hydrogens (tertiary/aromatic N) is 2. The summed E-state index contributed by atoms with van der Waals surface area (Å²) in [5.41, 5.74) is 1.84. The summed E-state index contributed by atoms with van der Waals surface area (Å²) in [6.45, 7) is 0.457. The smallest absolute Gasteiger partial charge is 0.246 e.